The lowest BCUT2D eigenvalue weighted by molar-refractivity contribution is -0.104. The van der Waals surface area contributed by atoms with Crippen LogP contribution >= 0.6 is 0 Å². The summed E-state index contributed by atoms with van der Waals surface area (Å²) in [7, 11) is 0. The van der Waals surface area contributed by atoms with Crippen LogP contribution in [0.3, 0.4) is 0 Å². The fourth-order valence-electron chi connectivity index (χ4n) is 2.69. The van der Waals surface area contributed by atoms with Gasteiger partial charge in [-0.3, -0.25) is 4.79 Å². The molecule has 2 aliphatic carbocycles. The summed E-state index contributed by atoms with van der Waals surface area (Å²) in [6, 6.07) is 0. The first kappa shape index (κ1) is 8.18. The molecule has 0 aromatic carbocycles. The molecule has 0 spiro atoms. The van der Waals surface area contributed by atoms with Gasteiger partial charge in [-0.25, -0.2) is 0 Å². The summed E-state index contributed by atoms with van der Waals surface area (Å²) in [4.78, 5) is 10.7. The second kappa shape index (κ2) is 2.92. The van der Waals surface area contributed by atoms with E-state index in [0.717, 1.165) is 24.9 Å². The number of carbonyl (C=O) groups excluding carboxylic acids is 1. The summed E-state index contributed by atoms with van der Waals surface area (Å²) in [5, 5.41) is 3.39. The van der Waals surface area contributed by atoms with E-state index in [9.17, 15) is 4.79 Å². The summed E-state index contributed by atoms with van der Waals surface area (Å²) in [6.45, 7) is 2.14. The lowest BCUT2D eigenvalue weighted by Gasteiger charge is -2.23. The Morgan fingerprint density at radius 1 is 1.43 bits per heavy atom. The van der Waals surface area contributed by atoms with Gasteiger partial charge in [-0.2, -0.15) is 0 Å². The molecular weight excluding hydrogens is 174 g/mol. The van der Waals surface area contributed by atoms with Crippen molar-refractivity contribution in [1.29, 1.82) is 0 Å². The van der Waals surface area contributed by atoms with Gasteiger partial charge in [-0.1, -0.05) is 17.7 Å². The maximum atomic E-state index is 10.7. The van der Waals surface area contributed by atoms with Crippen LogP contribution < -0.4 is 5.32 Å². The molecule has 2 nitrogen and oxygen atoms in total. The molecule has 1 fully saturated rings. The van der Waals surface area contributed by atoms with Crippen LogP contribution in [0.1, 0.15) is 6.42 Å². The number of allylic oxidation sites excluding steroid dienone is 5. The molecule has 1 N–H and O–H groups in total. The number of aldehydes is 1. The first-order valence-electron chi connectivity index (χ1n) is 5.16. The standard InChI is InChI=1S/C12H13NO/c14-7-8-1-9-3-11-5-13-6-12(11)4-10(9)2-8/h1-3,7,10,12-13H,4-6H2. The van der Waals surface area contributed by atoms with Gasteiger partial charge in [0.1, 0.15) is 6.29 Å². The molecule has 1 saturated heterocycles. The third-order valence-corrected chi connectivity index (χ3v) is 3.43. The minimum atomic E-state index is 0.504. The Labute approximate surface area is 83.4 Å². The Morgan fingerprint density at radius 3 is 3.21 bits per heavy atom. The van der Waals surface area contributed by atoms with E-state index in [1.807, 2.05) is 6.08 Å². The molecule has 2 heteroatoms. The van der Waals surface area contributed by atoms with E-state index in [-0.39, 0.29) is 0 Å². The van der Waals surface area contributed by atoms with Crippen molar-refractivity contribution in [3.63, 3.8) is 0 Å². The van der Waals surface area contributed by atoms with Crippen molar-refractivity contribution >= 4 is 6.29 Å². The van der Waals surface area contributed by atoms with E-state index in [2.05, 4.69) is 17.5 Å². The van der Waals surface area contributed by atoms with Crippen LogP contribution in [0, 0.1) is 11.8 Å². The third-order valence-electron chi connectivity index (χ3n) is 3.43. The lowest BCUT2D eigenvalue weighted by Crippen LogP contribution is -2.15. The van der Waals surface area contributed by atoms with Gasteiger partial charge in [0.2, 0.25) is 0 Å². The van der Waals surface area contributed by atoms with E-state index in [1.165, 1.54) is 17.6 Å². The van der Waals surface area contributed by atoms with Crippen LogP contribution in [-0.4, -0.2) is 19.4 Å². The zero-order chi connectivity index (χ0) is 9.54. The van der Waals surface area contributed by atoms with Crippen molar-refractivity contribution in [1.82, 2.24) is 5.32 Å². The van der Waals surface area contributed by atoms with Crippen LogP contribution in [0.5, 0.6) is 0 Å². The normalized spacial score (nSPS) is 34.1. The number of hydrogen-bond acceptors (Lipinski definition) is 2. The van der Waals surface area contributed by atoms with Crippen LogP contribution in [0.25, 0.3) is 0 Å². The maximum absolute atomic E-state index is 10.7. The molecule has 72 valence electrons. The Kier molecular flexibility index (Phi) is 1.71. The van der Waals surface area contributed by atoms with Crippen LogP contribution in [0.4, 0.5) is 0 Å². The van der Waals surface area contributed by atoms with E-state index in [0.29, 0.717) is 11.8 Å². The monoisotopic (exact) mass is 187 g/mol. The lowest BCUT2D eigenvalue weighted by atomic mass is 9.81. The number of rotatable bonds is 1. The second-order valence-corrected chi connectivity index (χ2v) is 4.32. The van der Waals surface area contributed by atoms with Gasteiger partial charge in [-0.05, 0) is 24.0 Å². The highest BCUT2D eigenvalue weighted by Gasteiger charge is 2.31. The van der Waals surface area contributed by atoms with Gasteiger partial charge >= 0.3 is 0 Å². The summed E-state index contributed by atoms with van der Waals surface area (Å²) in [6.07, 6.45) is 8.55. The molecule has 0 aromatic heterocycles. The van der Waals surface area contributed by atoms with Crippen LogP contribution in [0.2, 0.25) is 0 Å². The van der Waals surface area contributed by atoms with Gasteiger partial charge in [0, 0.05) is 24.6 Å². The summed E-state index contributed by atoms with van der Waals surface area (Å²) >= 11 is 0. The molecular formula is C12H13NO. The quantitative estimate of drug-likeness (QED) is 0.625. The molecule has 3 aliphatic rings. The number of carbonyl (C=O) groups is 1. The summed E-state index contributed by atoms with van der Waals surface area (Å²) in [5.41, 5.74) is 3.71. The average molecular weight is 187 g/mol. The van der Waals surface area contributed by atoms with E-state index in [1.54, 1.807) is 0 Å². The SMILES string of the molecule is O=CC1=CC2CC3CNCC3=CC2=C1. The number of hydrogen-bond donors (Lipinski definition) is 1. The minimum Gasteiger partial charge on any atom is -0.312 e. The molecule has 0 saturated carbocycles. The molecule has 1 heterocycles. The molecule has 0 bridgehead atoms. The third kappa shape index (κ3) is 1.11. The molecule has 0 amide bonds. The molecule has 1 aliphatic heterocycles. The molecule has 14 heavy (non-hydrogen) atoms. The number of nitrogens with one attached hydrogen (secondary N) is 1. The van der Waals surface area contributed by atoms with Crippen molar-refractivity contribution < 1.29 is 4.79 Å². The summed E-state index contributed by atoms with van der Waals surface area (Å²) < 4.78 is 0. The Hall–Kier alpha value is -1.15. The second-order valence-electron chi connectivity index (χ2n) is 4.32. The first-order valence-corrected chi connectivity index (χ1v) is 5.16. The van der Waals surface area contributed by atoms with Gasteiger partial charge < -0.3 is 5.32 Å². The Balaban J connectivity index is 1.96. The highest BCUT2D eigenvalue weighted by atomic mass is 16.1. The van der Waals surface area contributed by atoms with Crippen molar-refractivity contribution in [2.45, 2.75) is 6.42 Å². The molecule has 2 atom stereocenters. The summed E-state index contributed by atoms with van der Waals surface area (Å²) in [5.74, 6) is 1.21. The number of fused-ring (bicyclic) bond motifs is 2. The van der Waals surface area contributed by atoms with Gasteiger partial charge in [0.15, 0.2) is 0 Å². The Morgan fingerprint density at radius 2 is 2.36 bits per heavy atom. The minimum absolute atomic E-state index is 0.504. The van der Waals surface area contributed by atoms with E-state index >= 15 is 0 Å². The molecule has 2 unspecified atom stereocenters. The van der Waals surface area contributed by atoms with Gasteiger partial charge in [0.05, 0.1) is 0 Å². The molecule has 3 rings (SSSR count). The molecule has 0 aromatic rings. The fourth-order valence-corrected chi connectivity index (χ4v) is 2.69. The zero-order valence-corrected chi connectivity index (χ0v) is 7.99. The van der Waals surface area contributed by atoms with Crippen LogP contribution in [0.15, 0.2) is 34.9 Å². The smallest absolute Gasteiger partial charge is 0.149 e. The first-order chi connectivity index (χ1) is 6.86. The Bertz CT molecular complexity index is 376. The molecule has 0 radical (unpaired) electrons. The van der Waals surface area contributed by atoms with Crippen LogP contribution in [-0.2, 0) is 4.79 Å². The highest BCUT2D eigenvalue weighted by Crippen LogP contribution is 2.39. The predicted octanol–water partition coefficient (Wildman–Crippen LogP) is 1.22. The van der Waals surface area contributed by atoms with Gasteiger partial charge in [-0.15, -0.1) is 0 Å². The van der Waals surface area contributed by atoms with Crippen molar-refractivity contribution in [2.75, 3.05) is 13.1 Å². The average Bonchev–Trinajstić information content (AvgIpc) is 2.77. The predicted molar refractivity (Wildman–Crippen MR) is 54.8 cm³/mol. The highest BCUT2D eigenvalue weighted by molar-refractivity contribution is 5.80. The largest absolute Gasteiger partial charge is 0.312 e. The van der Waals surface area contributed by atoms with Gasteiger partial charge in [0.25, 0.3) is 0 Å². The van der Waals surface area contributed by atoms with Crippen molar-refractivity contribution in [2.24, 2.45) is 11.8 Å². The zero-order valence-electron chi connectivity index (χ0n) is 7.99. The maximum Gasteiger partial charge on any atom is 0.149 e. The van der Waals surface area contributed by atoms with Crippen molar-refractivity contribution in [3.8, 4) is 0 Å². The fraction of sp³-hybridized carbons (Fsp3) is 0.417. The van der Waals surface area contributed by atoms with E-state index < -0.39 is 0 Å². The van der Waals surface area contributed by atoms with Crippen molar-refractivity contribution in [3.05, 3.63) is 34.9 Å². The topological polar surface area (TPSA) is 29.1 Å². The van der Waals surface area contributed by atoms with E-state index in [4.69, 9.17) is 0 Å².